The summed E-state index contributed by atoms with van der Waals surface area (Å²) >= 11 is 8.43. The van der Waals surface area contributed by atoms with Gasteiger partial charge in [0, 0.05) is 11.6 Å². The topological polar surface area (TPSA) is 59.8 Å². The van der Waals surface area contributed by atoms with Gasteiger partial charge in [-0.15, -0.1) is 22.7 Å². The monoisotopic (exact) mass is 392 g/mol. The molecule has 0 spiro atoms. The Morgan fingerprint density at radius 3 is 2.75 bits per heavy atom. The number of nitrogens with one attached hydrogen (secondary N) is 1. The maximum absolute atomic E-state index is 12.5. The number of aromatic nitrogens is 3. The molecule has 0 aromatic carbocycles. The maximum Gasteiger partial charge on any atom is 0.435 e. The molecule has 1 N–H and O–H groups in total. The molecule has 0 saturated carbocycles. The molecule has 3 aromatic rings. The molecule has 1 amide bonds. The molecule has 0 radical (unpaired) electrons. The first-order chi connectivity index (χ1) is 11.3. The highest BCUT2D eigenvalue weighted by Crippen LogP contribution is 2.32. The summed E-state index contributed by atoms with van der Waals surface area (Å²) in [6.45, 7) is -0.337. The van der Waals surface area contributed by atoms with Gasteiger partial charge in [0.05, 0.1) is 14.9 Å². The molecule has 0 aliphatic carbocycles. The van der Waals surface area contributed by atoms with E-state index in [0.717, 1.165) is 21.8 Å². The summed E-state index contributed by atoms with van der Waals surface area (Å²) in [6, 6.07) is 4.38. The van der Waals surface area contributed by atoms with E-state index in [9.17, 15) is 18.0 Å². The van der Waals surface area contributed by atoms with Crippen molar-refractivity contribution in [1.82, 2.24) is 14.8 Å². The number of nitrogens with zero attached hydrogens (tertiary/aromatic N) is 3. The molecule has 24 heavy (non-hydrogen) atoms. The minimum absolute atomic E-state index is 0.337. The van der Waals surface area contributed by atoms with E-state index in [1.165, 1.54) is 22.7 Å². The normalized spacial score (nSPS) is 11.7. The van der Waals surface area contributed by atoms with Crippen molar-refractivity contribution in [1.29, 1.82) is 0 Å². The molecule has 0 bridgehead atoms. The van der Waals surface area contributed by atoms with Crippen molar-refractivity contribution in [3.63, 3.8) is 0 Å². The SMILES string of the molecule is O=C(Cn1ccc(C(F)(F)F)n1)Nc1nc(-c2ccc(Cl)s2)cs1. The summed E-state index contributed by atoms with van der Waals surface area (Å²) < 4.78 is 38.9. The highest BCUT2D eigenvalue weighted by molar-refractivity contribution is 7.20. The fourth-order valence-electron chi connectivity index (χ4n) is 1.80. The number of anilines is 1. The zero-order chi connectivity index (χ0) is 17.3. The van der Waals surface area contributed by atoms with Crippen LogP contribution in [0.15, 0.2) is 29.8 Å². The van der Waals surface area contributed by atoms with Crippen LogP contribution in [0.3, 0.4) is 0 Å². The number of amides is 1. The van der Waals surface area contributed by atoms with Crippen LogP contribution in [-0.2, 0) is 17.5 Å². The van der Waals surface area contributed by atoms with E-state index in [1.807, 2.05) is 6.07 Å². The molecule has 5 nitrogen and oxygen atoms in total. The van der Waals surface area contributed by atoms with Gasteiger partial charge in [-0.25, -0.2) is 4.98 Å². The Balaban J connectivity index is 1.63. The predicted octanol–water partition coefficient (Wildman–Crippen LogP) is 4.38. The first-order valence-electron chi connectivity index (χ1n) is 6.43. The van der Waals surface area contributed by atoms with Gasteiger partial charge < -0.3 is 5.32 Å². The first-order valence-corrected chi connectivity index (χ1v) is 8.50. The van der Waals surface area contributed by atoms with Crippen molar-refractivity contribution < 1.29 is 18.0 Å². The Morgan fingerprint density at radius 2 is 2.12 bits per heavy atom. The lowest BCUT2D eigenvalue weighted by molar-refractivity contribution is -0.141. The summed E-state index contributed by atoms with van der Waals surface area (Å²) in [6.07, 6.45) is -3.43. The van der Waals surface area contributed by atoms with E-state index < -0.39 is 17.8 Å². The molecule has 11 heteroatoms. The summed E-state index contributed by atoms with van der Waals surface area (Å²) in [5.41, 5.74) is -0.368. The average molecular weight is 393 g/mol. The first kappa shape index (κ1) is 16.9. The largest absolute Gasteiger partial charge is 0.435 e. The van der Waals surface area contributed by atoms with Crippen molar-refractivity contribution in [2.45, 2.75) is 12.7 Å². The van der Waals surface area contributed by atoms with E-state index in [4.69, 9.17) is 11.6 Å². The second kappa shape index (κ2) is 6.54. The van der Waals surface area contributed by atoms with E-state index >= 15 is 0 Å². The predicted molar refractivity (Wildman–Crippen MR) is 86.3 cm³/mol. The highest BCUT2D eigenvalue weighted by atomic mass is 35.5. The molecule has 0 aliphatic heterocycles. The van der Waals surface area contributed by atoms with E-state index in [2.05, 4.69) is 15.4 Å². The van der Waals surface area contributed by atoms with Crippen LogP contribution in [0.5, 0.6) is 0 Å². The summed E-state index contributed by atoms with van der Waals surface area (Å²) in [5.74, 6) is -0.517. The molecule has 3 rings (SSSR count). The minimum atomic E-state index is -4.53. The quantitative estimate of drug-likeness (QED) is 0.716. The highest BCUT2D eigenvalue weighted by Gasteiger charge is 2.33. The number of halogens is 4. The number of hydrogen-bond donors (Lipinski definition) is 1. The number of thiophene rings is 1. The molecule has 3 aromatic heterocycles. The van der Waals surface area contributed by atoms with Crippen molar-refractivity contribution in [2.75, 3.05) is 5.32 Å². The van der Waals surface area contributed by atoms with Gasteiger partial charge in [0.1, 0.15) is 6.54 Å². The Bertz CT molecular complexity index is 871. The molecule has 0 aliphatic rings. The third-order valence-electron chi connectivity index (χ3n) is 2.81. The zero-order valence-electron chi connectivity index (χ0n) is 11.7. The fraction of sp³-hybridized carbons (Fsp3) is 0.154. The van der Waals surface area contributed by atoms with Crippen molar-refractivity contribution in [2.24, 2.45) is 0 Å². The number of rotatable bonds is 4. The van der Waals surface area contributed by atoms with E-state index in [-0.39, 0.29) is 6.54 Å². The minimum Gasteiger partial charge on any atom is -0.300 e. The molecule has 126 valence electrons. The summed E-state index contributed by atoms with van der Waals surface area (Å²) in [7, 11) is 0. The molecular weight excluding hydrogens is 385 g/mol. The van der Waals surface area contributed by atoms with Crippen molar-refractivity contribution >= 4 is 45.3 Å². The van der Waals surface area contributed by atoms with E-state index in [1.54, 1.807) is 11.4 Å². The smallest absolute Gasteiger partial charge is 0.300 e. The third kappa shape index (κ3) is 3.94. The van der Waals surface area contributed by atoms with Crippen LogP contribution in [0.25, 0.3) is 10.6 Å². The Morgan fingerprint density at radius 1 is 1.33 bits per heavy atom. The second-order valence-electron chi connectivity index (χ2n) is 4.59. The fourth-order valence-corrected chi connectivity index (χ4v) is 3.61. The summed E-state index contributed by atoms with van der Waals surface area (Å²) in [4.78, 5) is 17.0. The molecular formula is C13H8ClF3N4OS2. The molecule has 0 saturated heterocycles. The van der Waals surface area contributed by atoms with Crippen LogP contribution in [0.1, 0.15) is 5.69 Å². The summed E-state index contributed by atoms with van der Waals surface area (Å²) in [5, 5.41) is 7.96. The van der Waals surface area contributed by atoms with Gasteiger partial charge in [-0.2, -0.15) is 18.3 Å². The van der Waals surface area contributed by atoms with Crippen LogP contribution >= 0.6 is 34.3 Å². The lowest BCUT2D eigenvalue weighted by Crippen LogP contribution is -2.19. The second-order valence-corrected chi connectivity index (χ2v) is 7.16. The number of alkyl halides is 3. The Hall–Kier alpha value is -1.91. The van der Waals surface area contributed by atoms with Gasteiger partial charge in [0.25, 0.3) is 0 Å². The molecule has 0 unspecified atom stereocenters. The van der Waals surface area contributed by atoms with Crippen LogP contribution in [0, 0.1) is 0 Å². The Labute approximate surface area is 146 Å². The number of carbonyl (C=O) groups is 1. The van der Waals surface area contributed by atoms with Gasteiger partial charge in [-0.1, -0.05) is 11.6 Å². The Kier molecular flexibility index (Phi) is 4.61. The van der Waals surface area contributed by atoms with Gasteiger partial charge in [-0.05, 0) is 18.2 Å². The van der Waals surface area contributed by atoms with Gasteiger partial charge in [0.15, 0.2) is 10.8 Å². The standard InChI is InChI=1S/C13H8ClF3N4OS2/c14-10-2-1-8(24-10)7-6-23-12(18-7)19-11(22)5-21-4-3-9(20-21)13(15,16)17/h1-4,6H,5H2,(H,18,19,22). The van der Waals surface area contributed by atoms with Crippen LogP contribution < -0.4 is 5.32 Å². The van der Waals surface area contributed by atoms with Gasteiger partial charge in [-0.3, -0.25) is 9.48 Å². The molecule has 3 heterocycles. The van der Waals surface area contributed by atoms with Crippen LogP contribution in [0.2, 0.25) is 4.34 Å². The number of thiazole rings is 1. The van der Waals surface area contributed by atoms with Crippen LogP contribution in [-0.4, -0.2) is 20.7 Å². The van der Waals surface area contributed by atoms with Crippen molar-refractivity contribution in [3.8, 4) is 10.6 Å². The zero-order valence-corrected chi connectivity index (χ0v) is 14.1. The van der Waals surface area contributed by atoms with Crippen molar-refractivity contribution in [3.05, 3.63) is 39.8 Å². The molecule has 0 atom stereocenters. The number of hydrogen-bond acceptors (Lipinski definition) is 5. The van der Waals surface area contributed by atoms with Crippen LogP contribution in [0.4, 0.5) is 18.3 Å². The van der Waals surface area contributed by atoms with E-state index in [0.29, 0.717) is 15.2 Å². The average Bonchev–Trinajstić information content (AvgIpc) is 3.18. The third-order valence-corrected chi connectivity index (χ3v) is 4.82. The maximum atomic E-state index is 12.5. The lowest BCUT2D eigenvalue weighted by atomic mass is 10.4. The number of carbonyl (C=O) groups excluding carboxylic acids is 1. The van der Waals surface area contributed by atoms with Gasteiger partial charge >= 0.3 is 6.18 Å². The van der Waals surface area contributed by atoms with Gasteiger partial charge in [0.2, 0.25) is 5.91 Å². The molecule has 0 fully saturated rings. The lowest BCUT2D eigenvalue weighted by Gasteiger charge is -2.03.